The maximum absolute atomic E-state index is 11.7. The molecular formula is C40H43Br2N3O7. The van der Waals surface area contributed by atoms with Crippen molar-refractivity contribution in [3.63, 3.8) is 0 Å². The molecule has 2 aromatic heterocycles. The number of aryl methyl sites for hydroxylation is 1. The van der Waals surface area contributed by atoms with Gasteiger partial charge in [0.15, 0.2) is 0 Å². The predicted octanol–water partition coefficient (Wildman–Crippen LogP) is 7.89. The number of halogens is 2. The lowest BCUT2D eigenvalue weighted by atomic mass is 9.85. The molecule has 274 valence electrons. The standard InChI is InChI=1S/C40H43Br2N3O7/c1-40(22-46,39(48)49)17-16-24-19-32(41)38(45-36(24)50-2)52-34-15-13-28-27(6-4-7-29(28)34)30-8-5-9-31(35(30)42)33-14-11-25(37(44-33)51-3)21-43-20-23-10-12-26(47)18-23/h4-9,11,14,19,23,34,43,46H,10,12-13,15-18,20-22H2,1-3H3,(H,48,49)/t23-,34+,40+/m1/s1. The Balaban J connectivity index is 1.20. The highest BCUT2D eigenvalue weighted by Crippen LogP contribution is 2.45. The maximum atomic E-state index is 11.7. The first-order chi connectivity index (χ1) is 25.0. The lowest BCUT2D eigenvalue weighted by Crippen LogP contribution is -2.32. The summed E-state index contributed by atoms with van der Waals surface area (Å²) >= 11 is 7.54. The Morgan fingerprint density at radius 2 is 1.67 bits per heavy atom. The van der Waals surface area contributed by atoms with Gasteiger partial charge < -0.3 is 29.7 Å². The summed E-state index contributed by atoms with van der Waals surface area (Å²) in [4.78, 5) is 32.9. The number of methoxy groups -OCH3 is 2. The number of rotatable bonds is 15. The number of nitrogens with one attached hydrogen (secondary N) is 1. The van der Waals surface area contributed by atoms with Crippen LogP contribution >= 0.6 is 31.9 Å². The zero-order chi connectivity index (χ0) is 37.0. The summed E-state index contributed by atoms with van der Waals surface area (Å²) < 4.78 is 19.4. The first-order valence-electron chi connectivity index (χ1n) is 17.5. The number of carboxylic acids is 1. The maximum Gasteiger partial charge on any atom is 0.311 e. The molecule has 6 rings (SSSR count). The minimum absolute atomic E-state index is 0.219. The van der Waals surface area contributed by atoms with E-state index >= 15 is 0 Å². The van der Waals surface area contributed by atoms with Crippen molar-refractivity contribution >= 4 is 43.6 Å². The van der Waals surface area contributed by atoms with Crippen molar-refractivity contribution in [3.05, 3.63) is 85.8 Å². The summed E-state index contributed by atoms with van der Waals surface area (Å²) in [5.41, 5.74) is 6.62. The van der Waals surface area contributed by atoms with Crippen molar-refractivity contribution in [1.29, 1.82) is 0 Å². The van der Waals surface area contributed by atoms with E-state index in [1.165, 1.54) is 19.6 Å². The van der Waals surface area contributed by atoms with Gasteiger partial charge in [0.2, 0.25) is 17.6 Å². The first-order valence-corrected chi connectivity index (χ1v) is 19.1. The highest BCUT2D eigenvalue weighted by Gasteiger charge is 2.33. The van der Waals surface area contributed by atoms with Crippen LogP contribution in [0.3, 0.4) is 0 Å². The van der Waals surface area contributed by atoms with Crippen molar-refractivity contribution < 1.29 is 34.0 Å². The van der Waals surface area contributed by atoms with E-state index in [-0.39, 0.29) is 12.5 Å². The molecule has 0 unspecified atom stereocenters. The lowest BCUT2D eigenvalue weighted by Gasteiger charge is -2.22. The van der Waals surface area contributed by atoms with Gasteiger partial charge in [0.05, 0.1) is 36.4 Å². The van der Waals surface area contributed by atoms with Crippen LogP contribution in [0.1, 0.15) is 67.4 Å². The lowest BCUT2D eigenvalue weighted by molar-refractivity contribution is -0.150. The van der Waals surface area contributed by atoms with Crippen LogP contribution in [0.5, 0.6) is 17.6 Å². The molecule has 2 aromatic carbocycles. The molecule has 0 bridgehead atoms. The first kappa shape index (κ1) is 37.9. The minimum atomic E-state index is -1.27. The van der Waals surface area contributed by atoms with Gasteiger partial charge in [-0.15, -0.1) is 0 Å². The number of hydrogen-bond acceptors (Lipinski definition) is 9. The Bertz CT molecular complexity index is 1970. The van der Waals surface area contributed by atoms with Gasteiger partial charge in [-0.05, 0) is 118 Å². The fourth-order valence-electron chi connectivity index (χ4n) is 7.07. The monoisotopic (exact) mass is 835 g/mol. The molecule has 0 saturated heterocycles. The van der Waals surface area contributed by atoms with Crippen molar-refractivity contribution in [2.24, 2.45) is 11.3 Å². The molecule has 2 heterocycles. The van der Waals surface area contributed by atoms with Gasteiger partial charge in [0.25, 0.3) is 0 Å². The fourth-order valence-corrected chi connectivity index (χ4v) is 8.21. The number of pyridine rings is 2. The molecule has 1 fully saturated rings. The second-order valence-electron chi connectivity index (χ2n) is 13.8. The third kappa shape index (κ3) is 8.05. The van der Waals surface area contributed by atoms with Crippen LogP contribution in [0, 0.1) is 11.3 Å². The normalized spacial score (nSPS) is 17.8. The Hall–Kier alpha value is -3.84. The van der Waals surface area contributed by atoms with Crippen molar-refractivity contribution in [2.75, 3.05) is 27.4 Å². The van der Waals surface area contributed by atoms with Gasteiger partial charge >= 0.3 is 5.97 Å². The smallest absolute Gasteiger partial charge is 0.311 e. The van der Waals surface area contributed by atoms with Crippen LogP contribution in [0.4, 0.5) is 0 Å². The van der Waals surface area contributed by atoms with Crippen LogP contribution in [0.2, 0.25) is 0 Å². The molecule has 2 aliphatic carbocycles. The number of ketones is 1. The molecule has 10 nitrogen and oxygen atoms in total. The number of hydrogen-bond donors (Lipinski definition) is 3. The minimum Gasteiger partial charge on any atom is -0.481 e. The third-order valence-corrected chi connectivity index (χ3v) is 11.7. The fraction of sp³-hybridized carbons (Fsp3) is 0.400. The van der Waals surface area contributed by atoms with Crippen LogP contribution in [0.25, 0.3) is 22.4 Å². The van der Waals surface area contributed by atoms with E-state index in [9.17, 15) is 19.8 Å². The van der Waals surface area contributed by atoms with E-state index in [0.29, 0.717) is 59.6 Å². The number of aliphatic carboxylic acids is 1. The molecule has 1 saturated carbocycles. The number of carbonyl (C=O) groups is 2. The molecule has 0 spiro atoms. The molecular weight excluding hydrogens is 794 g/mol. The second-order valence-corrected chi connectivity index (χ2v) is 15.4. The van der Waals surface area contributed by atoms with Gasteiger partial charge in [0, 0.05) is 40.5 Å². The zero-order valence-electron chi connectivity index (χ0n) is 29.5. The molecule has 3 atom stereocenters. The molecule has 3 N–H and O–H groups in total. The Labute approximate surface area is 320 Å². The number of fused-ring (bicyclic) bond motifs is 1. The van der Waals surface area contributed by atoms with Crippen molar-refractivity contribution in [3.8, 4) is 40.0 Å². The second kappa shape index (κ2) is 16.4. The third-order valence-electron chi connectivity index (χ3n) is 10.3. The predicted molar refractivity (Wildman–Crippen MR) is 205 cm³/mol. The molecule has 52 heavy (non-hydrogen) atoms. The summed E-state index contributed by atoms with van der Waals surface area (Å²) in [6, 6.07) is 18.4. The molecule has 4 aromatic rings. The largest absolute Gasteiger partial charge is 0.481 e. The van der Waals surface area contributed by atoms with Gasteiger partial charge in [-0.2, -0.15) is 4.98 Å². The molecule has 12 heteroatoms. The van der Waals surface area contributed by atoms with Crippen LogP contribution in [-0.2, 0) is 29.0 Å². The van der Waals surface area contributed by atoms with Gasteiger partial charge in [-0.25, -0.2) is 4.98 Å². The van der Waals surface area contributed by atoms with E-state index in [2.05, 4.69) is 60.4 Å². The summed E-state index contributed by atoms with van der Waals surface area (Å²) in [6.07, 6.45) is 4.22. The van der Waals surface area contributed by atoms with E-state index in [4.69, 9.17) is 19.2 Å². The Morgan fingerprint density at radius 3 is 2.38 bits per heavy atom. The van der Waals surface area contributed by atoms with Crippen LogP contribution in [0.15, 0.2) is 63.5 Å². The molecule has 0 radical (unpaired) electrons. The number of nitrogens with zero attached hydrogens (tertiary/aromatic N) is 2. The quantitative estimate of drug-likeness (QED) is 0.108. The van der Waals surface area contributed by atoms with E-state index in [0.717, 1.165) is 69.4 Å². The summed E-state index contributed by atoms with van der Waals surface area (Å²) in [7, 11) is 3.16. The number of aliphatic hydroxyl groups is 1. The Morgan fingerprint density at radius 1 is 0.942 bits per heavy atom. The van der Waals surface area contributed by atoms with E-state index in [1.807, 2.05) is 36.4 Å². The topological polar surface area (TPSA) is 140 Å². The summed E-state index contributed by atoms with van der Waals surface area (Å²) in [5.74, 6) is 1.01. The van der Waals surface area contributed by atoms with E-state index in [1.54, 1.807) is 7.11 Å². The van der Waals surface area contributed by atoms with Gasteiger partial charge in [0.1, 0.15) is 11.9 Å². The Kier molecular flexibility index (Phi) is 12.0. The molecule has 0 aliphatic heterocycles. The number of carboxylic acid groups (broad SMARTS) is 1. The zero-order valence-corrected chi connectivity index (χ0v) is 32.7. The number of Topliss-reactive ketones (excluding diaryl/α,β-unsaturated/α-hetero) is 1. The number of ether oxygens (including phenoxy) is 3. The van der Waals surface area contributed by atoms with E-state index < -0.39 is 18.0 Å². The SMILES string of the molecule is COc1nc(-c2cccc(-c3cccc4c3CC[C@@H]4Oc3nc(OC)c(CC[C@@](C)(CO)C(=O)O)cc3Br)c2Br)ccc1CNC[C@@H]1CCC(=O)C1. The highest BCUT2D eigenvalue weighted by atomic mass is 79.9. The van der Waals surface area contributed by atoms with Crippen molar-refractivity contribution in [2.45, 2.75) is 64.5 Å². The van der Waals surface area contributed by atoms with Gasteiger partial charge in [-0.3, -0.25) is 9.59 Å². The number of carbonyl (C=O) groups excluding carboxylic acids is 1. The summed E-state index contributed by atoms with van der Waals surface area (Å²) in [6.45, 7) is 2.47. The van der Waals surface area contributed by atoms with Crippen LogP contribution < -0.4 is 19.5 Å². The molecule has 0 amide bonds. The number of aliphatic hydroxyl groups excluding tert-OH is 1. The number of aromatic nitrogens is 2. The highest BCUT2D eigenvalue weighted by molar-refractivity contribution is 9.11. The van der Waals surface area contributed by atoms with Gasteiger partial charge in [-0.1, -0.05) is 42.5 Å². The van der Waals surface area contributed by atoms with Crippen molar-refractivity contribution in [1.82, 2.24) is 15.3 Å². The van der Waals surface area contributed by atoms with Crippen LogP contribution in [-0.4, -0.2) is 59.3 Å². The number of benzene rings is 2. The summed E-state index contributed by atoms with van der Waals surface area (Å²) in [5, 5.41) is 22.7. The molecule has 2 aliphatic rings. The average molecular weight is 838 g/mol. The average Bonchev–Trinajstić information content (AvgIpc) is 3.76.